The lowest BCUT2D eigenvalue weighted by atomic mass is 9.60. The van der Waals surface area contributed by atoms with Crippen LogP contribution in [-0.2, 0) is 28.6 Å². The molecule has 1 unspecified atom stereocenters. The van der Waals surface area contributed by atoms with Gasteiger partial charge in [-0.15, -0.1) is 0 Å². The van der Waals surface area contributed by atoms with Crippen molar-refractivity contribution < 1.29 is 54.9 Å². The van der Waals surface area contributed by atoms with Gasteiger partial charge in [-0.1, -0.05) is 48.0 Å². The van der Waals surface area contributed by atoms with E-state index in [4.69, 9.17) is 9.47 Å². The van der Waals surface area contributed by atoms with Crippen molar-refractivity contribution in [3.8, 4) is 0 Å². The summed E-state index contributed by atoms with van der Waals surface area (Å²) in [7, 11) is 0. The second kappa shape index (κ2) is 11.6. The van der Waals surface area contributed by atoms with Crippen LogP contribution in [0.1, 0.15) is 74.1 Å². The molecule has 0 saturated carbocycles. The quantitative estimate of drug-likeness (QED) is 0.153. The molecule has 0 saturated heterocycles. The summed E-state index contributed by atoms with van der Waals surface area (Å²) >= 11 is 0. The average molecular weight is 508 g/mol. The smallest absolute Gasteiger partial charge is 0.434 e. The van der Waals surface area contributed by atoms with Crippen LogP contribution in [0.4, 0.5) is 26.3 Å². The van der Waals surface area contributed by atoms with Gasteiger partial charge in [0.1, 0.15) is 13.2 Å². The van der Waals surface area contributed by atoms with Gasteiger partial charge in [0.15, 0.2) is 0 Å². The molecule has 0 bridgehead atoms. The Morgan fingerprint density at radius 1 is 0.735 bits per heavy atom. The molecule has 0 spiro atoms. The van der Waals surface area contributed by atoms with Gasteiger partial charge < -0.3 is 14.2 Å². The van der Waals surface area contributed by atoms with Crippen molar-refractivity contribution in [2.24, 2.45) is 16.2 Å². The minimum Gasteiger partial charge on any atom is -0.462 e. The van der Waals surface area contributed by atoms with E-state index in [0.29, 0.717) is 6.42 Å². The maximum Gasteiger partial charge on any atom is 0.434 e. The third-order valence-corrected chi connectivity index (χ3v) is 5.85. The van der Waals surface area contributed by atoms with Crippen LogP contribution in [-0.4, -0.2) is 49.6 Å². The van der Waals surface area contributed by atoms with Crippen LogP contribution in [0.5, 0.6) is 0 Å². The first kappa shape index (κ1) is 32.0. The maximum atomic E-state index is 12.8. The van der Waals surface area contributed by atoms with Crippen LogP contribution in [0.15, 0.2) is 0 Å². The van der Waals surface area contributed by atoms with E-state index in [9.17, 15) is 40.7 Å². The van der Waals surface area contributed by atoms with Crippen molar-refractivity contribution in [2.45, 2.75) is 92.6 Å². The van der Waals surface area contributed by atoms with Gasteiger partial charge in [-0.05, 0) is 24.2 Å². The number of carbonyl (C=O) groups excluding carboxylic acids is 3. The van der Waals surface area contributed by atoms with E-state index in [1.807, 2.05) is 41.5 Å². The Kier molecular flexibility index (Phi) is 10.9. The van der Waals surface area contributed by atoms with E-state index in [2.05, 4.69) is 4.74 Å². The fourth-order valence-corrected chi connectivity index (χ4v) is 2.96. The zero-order valence-electron chi connectivity index (χ0n) is 20.5. The van der Waals surface area contributed by atoms with Crippen LogP contribution >= 0.6 is 0 Å². The van der Waals surface area contributed by atoms with Crippen molar-refractivity contribution in [1.82, 2.24) is 0 Å². The van der Waals surface area contributed by atoms with E-state index in [-0.39, 0.29) is 12.0 Å². The first-order valence-corrected chi connectivity index (χ1v) is 10.7. The second-order valence-corrected chi connectivity index (χ2v) is 10.1. The summed E-state index contributed by atoms with van der Waals surface area (Å²) in [5.41, 5.74) is -1.44. The predicted molar refractivity (Wildman–Crippen MR) is 109 cm³/mol. The summed E-state index contributed by atoms with van der Waals surface area (Å²) < 4.78 is 87.7. The minimum atomic E-state index is -5.84. The van der Waals surface area contributed by atoms with Crippen molar-refractivity contribution in [2.75, 3.05) is 13.2 Å². The molecule has 0 fully saturated rings. The van der Waals surface area contributed by atoms with Crippen LogP contribution in [0.25, 0.3) is 0 Å². The first-order chi connectivity index (χ1) is 15.1. The van der Waals surface area contributed by atoms with Gasteiger partial charge >= 0.3 is 30.3 Å². The summed E-state index contributed by atoms with van der Waals surface area (Å²) in [4.78, 5) is 35.8. The summed E-state index contributed by atoms with van der Waals surface area (Å²) in [6.07, 6.45) is -16.4. The van der Waals surface area contributed by atoms with Crippen LogP contribution in [0.3, 0.4) is 0 Å². The molecule has 12 heteroatoms. The normalized spacial score (nSPS) is 15.0. The highest BCUT2D eigenvalue weighted by molar-refractivity contribution is 5.78. The molecule has 0 aliphatic rings. The van der Waals surface area contributed by atoms with Crippen molar-refractivity contribution in [3.05, 3.63) is 0 Å². The molecule has 0 heterocycles. The predicted octanol–water partition coefficient (Wildman–Crippen LogP) is 5.77. The Morgan fingerprint density at radius 3 is 1.59 bits per heavy atom. The van der Waals surface area contributed by atoms with Gasteiger partial charge in [-0.25, -0.2) is 0 Å². The standard InChI is InChI=1S/C22H34F6O6/c1-8-19(5,6)13-20(7,18(2,3)4)17(31)33-12-11-32-14(29)9-10-15(30)34-16(21(23,24)25)22(26,27)28/h16H,8-13H2,1-7H3. The number of halogens is 6. The van der Waals surface area contributed by atoms with Crippen molar-refractivity contribution in [3.63, 3.8) is 0 Å². The molecular weight excluding hydrogens is 474 g/mol. The molecule has 200 valence electrons. The Hall–Kier alpha value is -2.01. The third kappa shape index (κ3) is 10.1. The molecule has 0 aromatic heterocycles. The molecule has 1 atom stereocenters. The van der Waals surface area contributed by atoms with E-state index in [1.54, 1.807) is 6.92 Å². The fraction of sp³-hybridized carbons (Fsp3) is 0.864. The number of hydrogen-bond donors (Lipinski definition) is 0. The van der Waals surface area contributed by atoms with Crippen molar-refractivity contribution >= 4 is 17.9 Å². The molecule has 0 aliphatic heterocycles. The topological polar surface area (TPSA) is 78.9 Å². The Balaban J connectivity index is 4.69. The highest BCUT2D eigenvalue weighted by atomic mass is 19.4. The molecule has 0 aliphatic carbocycles. The number of rotatable bonds is 11. The Labute approximate surface area is 195 Å². The van der Waals surface area contributed by atoms with E-state index >= 15 is 0 Å². The molecule has 34 heavy (non-hydrogen) atoms. The molecule has 0 aromatic rings. The molecule has 6 nitrogen and oxygen atoms in total. The lowest BCUT2D eigenvalue weighted by molar-refractivity contribution is -0.313. The van der Waals surface area contributed by atoms with Gasteiger partial charge in [-0.3, -0.25) is 14.4 Å². The highest BCUT2D eigenvalue weighted by Crippen LogP contribution is 2.48. The Bertz CT molecular complexity index is 694. The summed E-state index contributed by atoms with van der Waals surface area (Å²) in [5.74, 6) is -3.43. The molecule has 0 rings (SSSR count). The SMILES string of the molecule is CCC(C)(C)CC(C)(C(=O)OCCOC(=O)CCC(=O)OC(C(F)(F)F)C(F)(F)F)C(C)(C)C. The first-order valence-electron chi connectivity index (χ1n) is 10.7. The zero-order chi connectivity index (χ0) is 27.2. The van der Waals surface area contributed by atoms with Crippen molar-refractivity contribution in [1.29, 1.82) is 0 Å². The molecular formula is C22H34F6O6. The van der Waals surface area contributed by atoms with E-state index in [1.165, 1.54) is 0 Å². The summed E-state index contributed by atoms with van der Waals surface area (Å²) in [6.45, 7) is 12.9. The third-order valence-electron chi connectivity index (χ3n) is 5.85. The monoisotopic (exact) mass is 508 g/mol. The molecule has 0 N–H and O–H groups in total. The lowest BCUT2D eigenvalue weighted by Gasteiger charge is -2.44. The lowest BCUT2D eigenvalue weighted by Crippen LogP contribution is -2.45. The van der Waals surface area contributed by atoms with E-state index < -0.39 is 66.6 Å². The number of esters is 3. The molecule has 0 radical (unpaired) electrons. The van der Waals surface area contributed by atoms with Crippen LogP contribution in [0.2, 0.25) is 0 Å². The zero-order valence-corrected chi connectivity index (χ0v) is 20.5. The Morgan fingerprint density at radius 2 is 1.18 bits per heavy atom. The molecule has 0 amide bonds. The van der Waals surface area contributed by atoms with Gasteiger partial charge in [-0.2, -0.15) is 26.3 Å². The maximum absolute atomic E-state index is 12.8. The number of hydrogen-bond acceptors (Lipinski definition) is 6. The number of ether oxygens (including phenoxy) is 3. The summed E-state index contributed by atoms with van der Waals surface area (Å²) in [6, 6.07) is 0. The van der Waals surface area contributed by atoms with Gasteiger partial charge in [0, 0.05) is 0 Å². The van der Waals surface area contributed by atoms with Crippen LogP contribution < -0.4 is 0 Å². The molecule has 0 aromatic carbocycles. The number of alkyl halides is 6. The average Bonchev–Trinajstić information content (AvgIpc) is 2.64. The largest absolute Gasteiger partial charge is 0.462 e. The fourth-order valence-electron chi connectivity index (χ4n) is 2.96. The van der Waals surface area contributed by atoms with Crippen LogP contribution in [0, 0.1) is 16.2 Å². The summed E-state index contributed by atoms with van der Waals surface area (Å²) in [5, 5.41) is 0. The van der Waals surface area contributed by atoms with E-state index in [0.717, 1.165) is 6.42 Å². The van der Waals surface area contributed by atoms with Gasteiger partial charge in [0.05, 0.1) is 18.3 Å². The highest BCUT2D eigenvalue weighted by Gasteiger charge is 2.59. The number of carbonyl (C=O) groups is 3. The minimum absolute atomic E-state index is 0.140. The van der Waals surface area contributed by atoms with Gasteiger partial charge in [0.2, 0.25) is 0 Å². The second-order valence-electron chi connectivity index (χ2n) is 10.1. The van der Waals surface area contributed by atoms with Gasteiger partial charge in [0.25, 0.3) is 6.10 Å².